The maximum absolute atomic E-state index is 12.0. The molecule has 2 aromatic carbocycles. The van der Waals surface area contributed by atoms with Crippen LogP contribution in [0.5, 0.6) is 0 Å². The molecule has 0 amide bonds. The van der Waals surface area contributed by atoms with Gasteiger partial charge in [-0.2, -0.15) is 0 Å². The summed E-state index contributed by atoms with van der Waals surface area (Å²) in [6.07, 6.45) is 4.23. The lowest BCUT2D eigenvalue weighted by molar-refractivity contribution is -0.116. The highest BCUT2D eigenvalue weighted by Gasteiger charge is 2.29. The van der Waals surface area contributed by atoms with Gasteiger partial charge in [-0.15, -0.1) is 0 Å². The Labute approximate surface area is 144 Å². The van der Waals surface area contributed by atoms with Crippen LogP contribution in [0, 0.1) is 20.8 Å². The fourth-order valence-electron chi connectivity index (χ4n) is 4.00. The Balaban J connectivity index is 2.02. The lowest BCUT2D eigenvalue weighted by Gasteiger charge is -2.39. The van der Waals surface area contributed by atoms with Crippen molar-refractivity contribution in [1.82, 2.24) is 4.90 Å². The normalized spacial score (nSPS) is 18.8. The number of nitrogens with zero attached hydrogens (tertiary/aromatic N) is 1. The van der Waals surface area contributed by atoms with E-state index in [1.54, 1.807) is 6.08 Å². The van der Waals surface area contributed by atoms with Gasteiger partial charge in [0.15, 0.2) is 5.78 Å². The third-order valence-electron chi connectivity index (χ3n) is 4.97. The number of benzene rings is 2. The average Bonchev–Trinajstić information content (AvgIpc) is 2.54. The van der Waals surface area contributed by atoms with Gasteiger partial charge in [0.2, 0.25) is 0 Å². The lowest BCUT2D eigenvalue weighted by atomic mass is 9.90. The molecular weight excluding hydrogens is 294 g/mol. The monoisotopic (exact) mass is 319 g/mol. The van der Waals surface area contributed by atoms with Crippen molar-refractivity contribution in [3.63, 3.8) is 0 Å². The van der Waals surface area contributed by atoms with Gasteiger partial charge < -0.3 is 4.90 Å². The zero-order valence-electron chi connectivity index (χ0n) is 14.9. The van der Waals surface area contributed by atoms with E-state index in [9.17, 15) is 4.79 Å². The van der Waals surface area contributed by atoms with Crippen molar-refractivity contribution >= 4 is 5.78 Å². The predicted octanol–water partition coefficient (Wildman–Crippen LogP) is 5.20. The van der Waals surface area contributed by atoms with Crippen molar-refractivity contribution in [2.45, 2.75) is 46.2 Å². The average molecular weight is 319 g/mol. The molecular formula is C22H25NO. The molecule has 0 aromatic heterocycles. The summed E-state index contributed by atoms with van der Waals surface area (Å²) < 4.78 is 0. The van der Waals surface area contributed by atoms with Gasteiger partial charge in [0.1, 0.15) is 0 Å². The maximum Gasteiger partial charge on any atom is 0.159 e. The predicted molar refractivity (Wildman–Crippen MR) is 98.9 cm³/mol. The van der Waals surface area contributed by atoms with E-state index < -0.39 is 0 Å². The van der Waals surface area contributed by atoms with Gasteiger partial charge in [-0.3, -0.25) is 4.79 Å². The van der Waals surface area contributed by atoms with E-state index in [1.807, 2.05) is 24.4 Å². The third kappa shape index (κ3) is 3.14. The molecule has 0 N–H and O–H groups in total. The Morgan fingerprint density at radius 1 is 1.04 bits per heavy atom. The van der Waals surface area contributed by atoms with E-state index >= 15 is 0 Å². The van der Waals surface area contributed by atoms with Gasteiger partial charge in [0.25, 0.3) is 0 Å². The number of allylic oxidation sites excluding steroid dienone is 1. The smallest absolute Gasteiger partial charge is 0.159 e. The maximum atomic E-state index is 12.0. The molecule has 0 aliphatic carbocycles. The summed E-state index contributed by atoms with van der Waals surface area (Å²) >= 11 is 0. The molecule has 0 saturated carbocycles. The van der Waals surface area contributed by atoms with Crippen LogP contribution in [-0.2, 0) is 4.79 Å². The Morgan fingerprint density at radius 2 is 1.67 bits per heavy atom. The van der Waals surface area contributed by atoms with Crippen molar-refractivity contribution in [2.24, 2.45) is 0 Å². The van der Waals surface area contributed by atoms with E-state index in [4.69, 9.17) is 0 Å². The lowest BCUT2D eigenvalue weighted by Crippen LogP contribution is -2.32. The highest BCUT2D eigenvalue weighted by Crippen LogP contribution is 2.37. The minimum absolute atomic E-state index is 0.0961. The quantitative estimate of drug-likeness (QED) is 0.774. The minimum Gasteiger partial charge on any atom is -0.363 e. The first-order chi connectivity index (χ1) is 11.5. The molecule has 1 aliphatic rings. The number of carbonyl (C=O) groups is 1. The number of hydrogen-bond donors (Lipinski definition) is 0. The zero-order valence-corrected chi connectivity index (χ0v) is 14.9. The largest absolute Gasteiger partial charge is 0.363 e. The molecule has 24 heavy (non-hydrogen) atoms. The first kappa shape index (κ1) is 16.5. The first-order valence-electron chi connectivity index (χ1n) is 8.58. The molecule has 3 rings (SSSR count). The van der Waals surface area contributed by atoms with Crippen LogP contribution in [0.4, 0.5) is 0 Å². The summed E-state index contributed by atoms with van der Waals surface area (Å²) in [5.41, 5.74) is 6.49. The minimum atomic E-state index is 0.0961. The number of aryl methyl sites for hydroxylation is 3. The molecule has 0 spiro atoms. The molecule has 124 valence electrons. The molecule has 1 aliphatic heterocycles. The van der Waals surface area contributed by atoms with Gasteiger partial charge in [-0.1, -0.05) is 48.0 Å². The summed E-state index contributed by atoms with van der Waals surface area (Å²) in [6.45, 7) is 8.74. The highest BCUT2D eigenvalue weighted by molar-refractivity contribution is 5.91. The molecule has 0 fully saturated rings. The molecule has 0 saturated heterocycles. The number of carbonyl (C=O) groups excluding carboxylic acids is 1. The molecule has 2 heteroatoms. The van der Waals surface area contributed by atoms with Crippen molar-refractivity contribution in [3.8, 4) is 0 Å². The summed E-state index contributed by atoms with van der Waals surface area (Å²) in [6, 6.07) is 15.2. The summed E-state index contributed by atoms with van der Waals surface area (Å²) in [4.78, 5) is 14.4. The molecule has 0 bridgehead atoms. The van der Waals surface area contributed by atoms with Crippen LogP contribution in [0.1, 0.15) is 53.2 Å². The SMILES string of the molecule is Cc1cc(C)c([C@@H](C)N2C=CC(=O)C[C@H]2c2ccccc2)c(C)c1. The van der Waals surface area contributed by atoms with Crippen LogP contribution in [0.3, 0.4) is 0 Å². The van der Waals surface area contributed by atoms with Gasteiger partial charge >= 0.3 is 0 Å². The van der Waals surface area contributed by atoms with Crippen LogP contribution >= 0.6 is 0 Å². The molecule has 1 heterocycles. The van der Waals surface area contributed by atoms with Crippen LogP contribution in [0.2, 0.25) is 0 Å². The molecule has 2 aromatic rings. The highest BCUT2D eigenvalue weighted by atomic mass is 16.1. The number of hydrogen-bond acceptors (Lipinski definition) is 2. The van der Waals surface area contributed by atoms with E-state index in [-0.39, 0.29) is 17.9 Å². The fourth-order valence-corrected chi connectivity index (χ4v) is 4.00. The first-order valence-corrected chi connectivity index (χ1v) is 8.58. The van der Waals surface area contributed by atoms with Gasteiger partial charge in [0.05, 0.1) is 12.1 Å². The van der Waals surface area contributed by atoms with Gasteiger partial charge in [-0.05, 0) is 56.0 Å². The molecule has 2 atom stereocenters. The van der Waals surface area contributed by atoms with Crippen LogP contribution in [0.15, 0.2) is 54.7 Å². The van der Waals surface area contributed by atoms with Crippen molar-refractivity contribution in [1.29, 1.82) is 0 Å². The molecule has 0 radical (unpaired) electrons. The van der Waals surface area contributed by atoms with Crippen molar-refractivity contribution in [3.05, 3.63) is 82.6 Å². The second-order valence-corrected chi connectivity index (χ2v) is 6.85. The molecule has 2 nitrogen and oxygen atoms in total. The summed E-state index contributed by atoms with van der Waals surface area (Å²) in [5.74, 6) is 0.199. The Kier molecular flexibility index (Phi) is 4.57. The van der Waals surface area contributed by atoms with E-state index in [0.29, 0.717) is 6.42 Å². The van der Waals surface area contributed by atoms with Crippen molar-refractivity contribution in [2.75, 3.05) is 0 Å². The van der Waals surface area contributed by atoms with Gasteiger partial charge in [0, 0.05) is 12.6 Å². The Morgan fingerprint density at radius 3 is 2.29 bits per heavy atom. The zero-order chi connectivity index (χ0) is 17.3. The second kappa shape index (κ2) is 6.64. The third-order valence-corrected chi connectivity index (χ3v) is 4.97. The summed E-state index contributed by atoms with van der Waals surface area (Å²) in [5, 5.41) is 0. The Hall–Kier alpha value is -2.35. The van der Waals surface area contributed by atoms with E-state index in [0.717, 1.165) is 0 Å². The number of rotatable bonds is 3. The fraction of sp³-hybridized carbons (Fsp3) is 0.318. The van der Waals surface area contributed by atoms with Crippen molar-refractivity contribution < 1.29 is 4.79 Å². The molecule has 0 unspecified atom stereocenters. The second-order valence-electron chi connectivity index (χ2n) is 6.85. The number of ketones is 1. The standard InChI is InChI=1S/C22H25NO/c1-15-12-16(2)22(17(3)13-15)18(4)23-11-10-20(24)14-21(23)19-8-6-5-7-9-19/h5-13,18,21H,14H2,1-4H3/t18-,21+/m1/s1. The van der Waals surface area contributed by atoms with E-state index in [1.165, 1.54) is 27.8 Å². The topological polar surface area (TPSA) is 20.3 Å². The van der Waals surface area contributed by atoms with Crippen LogP contribution in [-0.4, -0.2) is 10.7 Å². The van der Waals surface area contributed by atoms with E-state index in [2.05, 4.69) is 56.9 Å². The Bertz CT molecular complexity index is 753. The summed E-state index contributed by atoms with van der Waals surface area (Å²) in [7, 11) is 0. The van der Waals surface area contributed by atoms with Crippen LogP contribution in [0.25, 0.3) is 0 Å². The van der Waals surface area contributed by atoms with Crippen LogP contribution < -0.4 is 0 Å². The van der Waals surface area contributed by atoms with Gasteiger partial charge in [-0.25, -0.2) is 0 Å².